The van der Waals surface area contributed by atoms with Crippen LogP contribution in [0.25, 0.3) is 11.6 Å². The Morgan fingerprint density at radius 1 is 1.10 bits per heavy atom. The number of nitriles is 1. The van der Waals surface area contributed by atoms with Gasteiger partial charge in [0.25, 0.3) is 0 Å². The molecule has 0 fully saturated rings. The van der Waals surface area contributed by atoms with Crippen LogP contribution in [0.2, 0.25) is 0 Å². The van der Waals surface area contributed by atoms with Crippen molar-refractivity contribution in [3.05, 3.63) is 69.7 Å². The van der Waals surface area contributed by atoms with Crippen LogP contribution in [0.15, 0.2) is 53.0 Å². The van der Waals surface area contributed by atoms with Crippen LogP contribution in [0.5, 0.6) is 0 Å². The van der Waals surface area contributed by atoms with Crippen molar-refractivity contribution in [2.75, 3.05) is 0 Å². The maximum Gasteiger partial charge on any atom is 0.335 e. The van der Waals surface area contributed by atoms with Crippen molar-refractivity contribution in [1.82, 2.24) is 0 Å². The van der Waals surface area contributed by atoms with Crippen molar-refractivity contribution < 1.29 is 9.90 Å². The highest BCUT2D eigenvalue weighted by Crippen LogP contribution is 2.23. The van der Waals surface area contributed by atoms with Gasteiger partial charge in [-0.25, -0.2) is 4.79 Å². The zero-order valence-electron chi connectivity index (χ0n) is 10.4. The second-order valence-corrected chi connectivity index (χ2v) is 4.93. The van der Waals surface area contributed by atoms with Gasteiger partial charge in [-0.2, -0.15) is 5.26 Å². The van der Waals surface area contributed by atoms with Gasteiger partial charge >= 0.3 is 5.97 Å². The summed E-state index contributed by atoms with van der Waals surface area (Å²) in [6.07, 6.45) is 1.76. The monoisotopic (exact) mass is 327 g/mol. The first-order valence-corrected chi connectivity index (χ1v) is 6.61. The molecule has 0 aliphatic rings. The highest BCUT2D eigenvalue weighted by atomic mass is 79.9. The van der Waals surface area contributed by atoms with Crippen LogP contribution < -0.4 is 0 Å². The van der Waals surface area contributed by atoms with Crippen molar-refractivity contribution in [2.45, 2.75) is 0 Å². The number of hydrogen-bond donors (Lipinski definition) is 1. The topological polar surface area (TPSA) is 61.1 Å². The first kappa shape index (κ1) is 14.0. The van der Waals surface area contributed by atoms with Gasteiger partial charge in [0.05, 0.1) is 17.2 Å². The number of benzene rings is 2. The number of carboxylic acid groups (broad SMARTS) is 1. The van der Waals surface area contributed by atoms with Crippen molar-refractivity contribution in [2.24, 2.45) is 0 Å². The zero-order chi connectivity index (χ0) is 14.5. The third-order valence-corrected chi connectivity index (χ3v) is 3.49. The van der Waals surface area contributed by atoms with Crippen molar-refractivity contribution in [1.29, 1.82) is 5.26 Å². The normalized spacial score (nSPS) is 10.9. The number of carboxylic acids is 1. The molecule has 0 aliphatic carbocycles. The van der Waals surface area contributed by atoms with Gasteiger partial charge in [-0.05, 0) is 35.4 Å². The fraction of sp³-hybridized carbons (Fsp3) is 0. The number of halogens is 1. The molecule has 0 atom stereocenters. The van der Waals surface area contributed by atoms with E-state index in [4.69, 9.17) is 5.11 Å². The number of allylic oxidation sites excluding steroid dienone is 1. The lowest BCUT2D eigenvalue weighted by atomic mass is 10.0. The molecule has 3 nitrogen and oxygen atoms in total. The Kier molecular flexibility index (Phi) is 4.34. The van der Waals surface area contributed by atoms with Crippen molar-refractivity contribution >= 4 is 33.5 Å². The molecule has 2 aromatic rings. The summed E-state index contributed by atoms with van der Waals surface area (Å²) in [5.74, 6) is -0.982. The Morgan fingerprint density at radius 3 is 2.25 bits per heavy atom. The maximum atomic E-state index is 10.8. The van der Waals surface area contributed by atoms with E-state index in [2.05, 4.69) is 22.0 Å². The Bertz CT molecular complexity index is 712. The Hall–Kier alpha value is -2.38. The first-order chi connectivity index (χ1) is 9.61. The summed E-state index contributed by atoms with van der Waals surface area (Å²) in [5, 5.41) is 18.1. The minimum Gasteiger partial charge on any atom is -0.478 e. The van der Waals surface area contributed by atoms with E-state index in [1.165, 1.54) is 12.1 Å². The Morgan fingerprint density at radius 2 is 1.70 bits per heavy atom. The molecule has 0 bridgehead atoms. The lowest BCUT2D eigenvalue weighted by Crippen LogP contribution is -1.95. The third kappa shape index (κ3) is 3.14. The average molecular weight is 328 g/mol. The number of carbonyl (C=O) groups is 1. The Labute approximate surface area is 124 Å². The van der Waals surface area contributed by atoms with Gasteiger partial charge in [0.1, 0.15) is 0 Å². The molecule has 98 valence electrons. The van der Waals surface area contributed by atoms with Gasteiger partial charge in [0.2, 0.25) is 0 Å². The number of hydrogen-bond acceptors (Lipinski definition) is 2. The van der Waals surface area contributed by atoms with Gasteiger partial charge in [-0.1, -0.05) is 46.3 Å². The minimum absolute atomic E-state index is 0.201. The van der Waals surface area contributed by atoms with Crippen LogP contribution in [0.4, 0.5) is 0 Å². The molecule has 0 aromatic heterocycles. The van der Waals surface area contributed by atoms with Gasteiger partial charge in [-0.3, -0.25) is 0 Å². The minimum atomic E-state index is -0.982. The van der Waals surface area contributed by atoms with E-state index in [0.717, 1.165) is 10.0 Å². The molecule has 2 aromatic carbocycles. The first-order valence-electron chi connectivity index (χ1n) is 5.82. The fourth-order valence-corrected chi connectivity index (χ4v) is 2.12. The van der Waals surface area contributed by atoms with E-state index in [1.807, 2.05) is 24.3 Å². The summed E-state index contributed by atoms with van der Waals surface area (Å²) in [4.78, 5) is 10.8. The molecule has 4 heteroatoms. The lowest BCUT2D eigenvalue weighted by Gasteiger charge is -2.02. The van der Waals surface area contributed by atoms with Crippen LogP contribution in [-0.2, 0) is 0 Å². The van der Waals surface area contributed by atoms with Crippen LogP contribution in [0, 0.1) is 11.3 Å². The third-order valence-electron chi connectivity index (χ3n) is 2.77. The molecule has 0 heterocycles. The number of aromatic carboxylic acids is 1. The predicted octanol–water partition coefficient (Wildman–Crippen LogP) is 4.21. The van der Waals surface area contributed by atoms with Crippen LogP contribution in [-0.4, -0.2) is 11.1 Å². The maximum absolute atomic E-state index is 10.8. The smallest absolute Gasteiger partial charge is 0.335 e. The van der Waals surface area contributed by atoms with Gasteiger partial charge in [-0.15, -0.1) is 0 Å². The Balaban J connectivity index is 2.41. The highest BCUT2D eigenvalue weighted by molar-refractivity contribution is 9.10. The molecular weight excluding hydrogens is 318 g/mol. The fourth-order valence-electron chi connectivity index (χ4n) is 1.72. The second-order valence-electron chi connectivity index (χ2n) is 4.07. The van der Waals surface area contributed by atoms with Crippen LogP contribution >= 0.6 is 15.9 Å². The molecule has 0 saturated carbocycles. The zero-order valence-corrected chi connectivity index (χ0v) is 12.0. The summed E-state index contributed by atoms with van der Waals surface area (Å²) in [6.45, 7) is 0. The van der Waals surface area contributed by atoms with Gasteiger partial charge < -0.3 is 5.11 Å². The van der Waals surface area contributed by atoms with Gasteiger partial charge in [0.15, 0.2) is 0 Å². The molecule has 0 unspecified atom stereocenters. The molecular formula is C16H10BrNO2. The summed E-state index contributed by atoms with van der Waals surface area (Å²) >= 11 is 3.43. The van der Waals surface area contributed by atoms with Gasteiger partial charge in [0, 0.05) is 4.47 Å². The summed E-state index contributed by atoms with van der Waals surface area (Å²) in [5.41, 5.74) is 2.26. The molecule has 0 saturated heterocycles. The standard InChI is InChI=1S/C16H10BrNO2/c17-15-4-2-1-3-13(15)9-14(10-18)11-5-7-12(8-6-11)16(19)20/h1-9H,(H,19,20)/b14-9-. The predicted molar refractivity (Wildman–Crippen MR) is 81.0 cm³/mol. The molecule has 0 aliphatic heterocycles. The van der Waals surface area contributed by atoms with E-state index in [9.17, 15) is 10.1 Å². The molecule has 1 N–H and O–H groups in total. The molecule has 0 spiro atoms. The quantitative estimate of drug-likeness (QED) is 0.678. The SMILES string of the molecule is N#C/C(=C/c1ccccc1Br)c1ccc(C(=O)O)cc1. The van der Waals surface area contributed by atoms with Crippen LogP contribution in [0.1, 0.15) is 21.5 Å². The number of rotatable bonds is 3. The highest BCUT2D eigenvalue weighted by Gasteiger charge is 2.05. The second kappa shape index (κ2) is 6.18. The van der Waals surface area contributed by atoms with E-state index in [1.54, 1.807) is 18.2 Å². The average Bonchev–Trinajstić information content (AvgIpc) is 2.46. The van der Waals surface area contributed by atoms with E-state index < -0.39 is 5.97 Å². The van der Waals surface area contributed by atoms with E-state index in [-0.39, 0.29) is 5.56 Å². The largest absolute Gasteiger partial charge is 0.478 e. The van der Waals surface area contributed by atoms with Crippen molar-refractivity contribution in [3.63, 3.8) is 0 Å². The van der Waals surface area contributed by atoms with E-state index >= 15 is 0 Å². The van der Waals surface area contributed by atoms with Crippen molar-refractivity contribution in [3.8, 4) is 6.07 Å². The summed E-state index contributed by atoms with van der Waals surface area (Å²) < 4.78 is 0.898. The molecule has 2 rings (SSSR count). The molecule has 20 heavy (non-hydrogen) atoms. The van der Waals surface area contributed by atoms with E-state index in [0.29, 0.717) is 11.1 Å². The molecule has 0 radical (unpaired) electrons. The molecule has 0 amide bonds. The number of nitrogens with zero attached hydrogens (tertiary/aromatic N) is 1. The lowest BCUT2D eigenvalue weighted by molar-refractivity contribution is 0.0697. The van der Waals surface area contributed by atoms with Crippen LogP contribution in [0.3, 0.4) is 0 Å². The summed E-state index contributed by atoms with van der Waals surface area (Å²) in [7, 11) is 0. The summed E-state index contributed by atoms with van der Waals surface area (Å²) in [6, 6.07) is 16.0.